The summed E-state index contributed by atoms with van der Waals surface area (Å²) >= 11 is 13.4. The Labute approximate surface area is 169 Å². The van der Waals surface area contributed by atoms with Gasteiger partial charge in [-0.15, -0.1) is 11.3 Å². The highest BCUT2D eigenvalue weighted by Crippen LogP contribution is 2.39. The maximum Gasteiger partial charge on any atom is 0.268 e. The van der Waals surface area contributed by atoms with Crippen LogP contribution in [0.3, 0.4) is 0 Å². The van der Waals surface area contributed by atoms with E-state index >= 15 is 0 Å². The zero-order valence-corrected chi connectivity index (χ0v) is 16.5. The second-order valence-electron chi connectivity index (χ2n) is 6.00. The molecule has 1 aromatic carbocycles. The molecule has 1 aliphatic rings. The van der Waals surface area contributed by atoms with E-state index in [2.05, 4.69) is 10.3 Å². The molecule has 0 radical (unpaired) electrons. The lowest BCUT2D eigenvalue weighted by Crippen LogP contribution is -2.50. The summed E-state index contributed by atoms with van der Waals surface area (Å²) < 4.78 is 7.00. The van der Waals surface area contributed by atoms with E-state index in [0.29, 0.717) is 38.6 Å². The van der Waals surface area contributed by atoms with E-state index in [1.807, 2.05) is 25.1 Å². The van der Waals surface area contributed by atoms with Gasteiger partial charge in [-0.2, -0.15) is 0 Å². The van der Waals surface area contributed by atoms with Crippen molar-refractivity contribution in [3.63, 3.8) is 0 Å². The van der Waals surface area contributed by atoms with Crippen LogP contribution in [0.1, 0.15) is 17.4 Å². The number of carbonyl (C=O) groups excluding carboxylic acids is 2. The highest BCUT2D eigenvalue weighted by atomic mass is 35.5. The molecule has 0 fully saturated rings. The van der Waals surface area contributed by atoms with Crippen LogP contribution in [-0.2, 0) is 4.79 Å². The molecule has 3 aromatic rings. The standard InChI is InChI=1S/C18H15Cl2N3O3S/c1-2-23-11-5-3-4-6-12(11)26-8-10(18(23)25)22-17(24)9-7-13-15(21-9)14(19)16(20)27-13/h3-7,10,21H,2,8H2,1H3,(H,22,24)/t10-/m0/s1. The molecule has 0 saturated carbocycles. The van der Waals surface area contributed by atoms with E-state index in [1.54, 1.807) is 17.0 Å². The van der Waals surface area contributed by atoms with Gasteiger partial charge < -0.3 is 19.9 Å². The predicted molar refractivity (Wildman–Crippen MR) is 107 cm³/mol. The first kappa shape index (κ1) is 18.2. The van der Waals surface area contributed by atoms with Gasteiger partial charge in [0.1, 0.15) is 28.4 Å². The Kier molecular flexibility index (Phi) is 4.75. The molecule has 0 aliphatic carbocycles. The van der Waals surface area contributed by atoms with Crippen LogP contribution in [-0.4, -0.2) is 36.0 Å². The molecular weight excluding hydrogens is 409 g/mol. The zero-order valence-electron chi connectivity index (χ0n) is 14.2. The first-order valence-corrected chi connectivity index (χ1v) is 9.87. The van der Waals surface area contributed by atoms with Gasteiger partial charge in [0.2, 0.25) is 0 Å². The monoisotopic (exact) mass is 423 g/mol. The lowest BCUT2D eigenvalue weighted by Gasteiger charge is -2.23. The molecular formula is C18H15Cl2N3O3S. The first-order valence-electron chi connectivity index (χ1n) is 8.30. The molecule has 2 aromatic heterocycles. The van der Waals surface area contributed by atoms with Crippen LogP contribution < -0.4 is 15.0 Å². The number of rotatable bonds is 3. The van der Waals surface area contributed by atoms with Gasteiger partial charge >= 0.3 is 0 Å². The van der Waals surface area contributed by atoms with E-state index in [-0.39, 0.29) is 12.5 Å². The van der Waals surface area contributed by atoms with Crippen LogP contribution in [0.15, 0.2) is 30.3 Å². The third kappa shape index (κ3) is 3.16. The number of H-pyrrole nitrogens is 1. The van der Waals surface area contributed by atoms with Crippen molar-refractivity contribution in [3.8, 4) is 5.75 Å². The number of fused-ring (bicyclic) bond motifs is 2. The molecule has 2 amide bonds. The smallest absolute Gasteiger partial charge is 0.268 e. The zero-order chi connectivity index (χ0) is 19.1. The molecule has 1 atom stereocenters. The van der Waals surface area contributed by atoms with Gasteiger partial charge in [0.25, 0.3) is 11.8 Å². The number of benzene rings is 1. The number of ether oxygens (including phenoxy) is 1. The number of aromatic amines is 1. The third-order valence-electron chi connectivity index (χ3n) is 4.36. The Morgan fingerprint density at radius 1 is 1.41 bits per heavy atom. The molecule has 6 nitrogen and oxygen atoms in total. The van der Waals surface area contributed by atoms with Crippen molar-refractivity contribution < 1.29 is 14.3 Å². The Hall–Kier alpha value is -2.22. The molecule has 0 unspecified atom stereocenters. The van der Waals surface area contributed by atoms with Crippen LogP contribution in [0.25, 0.3) is 10.2 Å². The minimum atomic E-state index is -0.801. The van der Waals surface area contributed by atoms with Crippen molar-refractivity contribution in [2.24, 2.45) is 0 Å². The molecule has 9 heteroatoms. The Morgan fingerprint density at radius 2 is 2.19 bits per heavy atom. The fourth-order valence-corrected chi connectivity index (χ4v) is 4.54. The predicted octanol–water partition coefficient (Wildman–Crippen LogP) is 4.08. The van der Waals surface area contributed by atoms with Crippen LogP contribution in [0.2, 0.25) is 9.36 Å². The number of aromatic nitrogens is 1. The number of halogens is 2. The number of thiophene rings is 1. The van der Waals surface area contributed by atoms with Gasteiger partial charge in [-0.05, 0) is 25.1 Å². The van der Waals surface area contributed by atoms with E-state index in [1.165, 1.54) is 11.3 Å². The van der Waals surface area contributed by atoms with Crippen LogP contribution in [0.5, 0.6) is 5.75 Å². The summed E-state index contributed by atoms with van der Waals surface area (Å²) in [4.78, 5) is 30.1. The molecule has 27 heavy (non-hydrogen) atoms. The van der Waals surface area contributed by atoms with Gasteiger partial charge in [0.05, 0.1) is 20.9 Å². The highest BCUT2D eigenvalue weighted by molar-refractivity contribution is 7.23. The second-order valence-corrected chi connectivity index (χ2v) is 8.03. The number of hydrogen-bond acceptors (Lipinski definition) is 4. The summed E-state index contributed by atoms with van der Waals surface area (Å²) in [5.41, 5.74) is 1.62. The van der Waals surface area contributed by atoms with Gasteiger partial charge in [-0.3, -0.25) is 9.59 Å². The first-order chi connectivity index (χ1) is 13.0. The Balaban J connectivity index is 1.58. The Morgan fingerprint density at radius 3 is 2.93 bits per heavy atom. The van der Waals surface area contributed by atoms with Crippen molar-refractivity contribution in [1.29, 1.82) is 0 Å². The van der Waals surface area contributed by atoms with Crippen LogP contribution in [0, 0.1) is 0 Å². The number of carbonyl (C=O) groups is 2. The number of para-hydroxylation sites is 2. The normalized spacial score (nSPS) is 16.8. The van der Waals surface area contributed by atoms with Crippen molar-refractivity contribution >= 4 is 62.3 Å². The molecule has 0 saturated heterocycles. The van der Waals surface area contributed by atoms with Crippen LogP contribution in [0.4, 0.5) is 5.69 Å². The largest absolute Gasteiger partial charge is 0.489 e. The summed E-state index contributed by atoms with van der Waals surface area (Å²) in [7, 11) is 0. The van der Waals surface area contributed by atoms with E-state index in [9.17, 15) is 9.59 Å². The number of nitrogens with zero attached hydrogens (tertiary/aromatic N) is 1. The van der Waals surface area contributed by atoms with E-state index in [0.717, 1.165) is 4.70 Å². The van der Waals surface area contributed by atoms with Gasteiger partial charge in [0, 0.05) is 6.54 Å². The average molecular weight is 424 g/mol. The summed E-state index contributed by atoms with van der Waals surface area (Å²) in [5.74, 6) is -0.00828. The lowest BCUT2D eigenvalue weighted by atomic mass is 10.2. The molecule has 140 valence electrons. The number of likely N-dealkylation sites (N-methyl/N-ethyl adjacent to an activating group) is 1. The van der Waals surface area contributed by atoms with Gasteiger partial charge in [0.15, 0.2) is 0 Å². The summed E-state index contributed by atoms with van der Waals surface area (Å²) in [5, 5.41) is 3.14. The summed E-state index contributed by atoms with van der Waals surface area (Å²) in [6.45, 7) is 2.40. The van der Waals surface area contributed by atoms with Gasteiger partial charge in [-0.1, -0.05) is 35.3 Å². The minimum absolute atomic E-state index is 0.0553. The fraction of sp³-hybridized carbons (Fsp3) is 0.222. The quantitative estimate of drug-likeness (QED) is 0.666. The Bertz CT molecular complexity index is 1050. The van der Waals surface area contributed by atoms with Crippen molar-refractivity contribution in [3.05, 3.63) is 45.4 Å². The fourth-order valence-electron chi connectivity index (χ4n) is 3.06. The second kappa shape index (κ2) is 7.07. The third-order valence-corrected chi connectivity index (χ3v) is 6.30. The number of amides is 2. The van der Waals surface area contributed by atoms with Crippen molar-refractivity contribution in [2.45, 2.75) is 13.0 Å². The maximum atomic E-state index is 12.9. The minimum Gasteiger partial charge on any atom is -0.489 e. The maximum absolute atomic E-state index is 12.9. The molecule has 0 spiro atoms. The average Bonchev–Trinajstić information content (AvgIpc) is 3.15. The van der Waals surface area contributed by atoms with Crippen LogP contribution >= 0.6 is 34.5 Å². The van der Waals surface area contributed by atoms with Gasteiger partial charge in [-0.25, -0.2) is 0 Å². The lowest BCUT2D eigenvalue weighted by molar-refractivity contribution is -0.120. The SMILES string of the molecule is CCN1C(=O)[C@@H](NC(=O)c2cc3sc(Cl)c(Cl)c3[nH]2)COc2ccccc21. The van der Waals surface area contributed by atoms with Crippen molar-refractivity contribution in [1.82, 2.24) is 10.3 Å². The summed E-state index contributed by atoms with van der Waals surface area (Å²) in [6.07, 6.45) is 0. The molecule has 2 N–H and O–H groups in total. The number of hydrogen-bond donors (Lipinski definition) is 2. The van der Waals surface area contributed by atoms with E-state index < -0.39 is 11.9 Å². The number of anilines is 1. The highest BCUT2D eigenvalue weighted by Gasteiger charge is 2.32. The van der Waals surface area contributed by atoms with Crippen molar-refractivity contribution in [2.75, 3.05) is 18.1 Å². The molecule has 0 bridgehead atoms. The number of nitrogens with one attached hydrogen (secondary N) is 2. The molecule has 1 aliphatic heterocycles. The topological polar surface area (TPSA) is 74.4 Å². The summed E-state index contributed by atoms with van der Waals surface area (Å²) in [6, 6.07) is 8.19. The van der Waals surface area contributed by atoms with E-state index in [4.69, 9.17) is 27.9 Å². The molecule has 3 heterocycles. The molecule has 4 rings (SSSR count).